The molecule has 3 aliphatic heterocycles. The number of aliphatic imine (C=N–C) groups is 1. The van der Waals surface area contributed by atoms with Crippen molar-refractivity contribution in [1.82, 2.24) is 4.90 Å². The quantitative estimate of drug-likeness (QED) is 0.813. The van der Waals surface area contributed by atoms with Crippen molar-refractivity contribution in [2.24, 2.45) is 4.99 Å². The van der Waals surface area contributed by atoms with Crippen LogP contribution < -0.4 is 9.47 Å². The van der Waals surface area contributed by atoms with Gasteiger partial charge in [-0.1, -0.05) is 0 Å². The van der Waals surface area contributed by atoms with Crippen LogP contribution in [0.25, 0.3) is 11.1 Å². The van der Waals surface area contributed by atoms with Gasteiger partial charge in [0.25, 0.3) is 0 Å². The number of nitrogens with zero attached hydrogens (tertiary/aromatic N) is 2. The summed E-state index contributed by atoms with van der Waals surface area (Å²) < 4.78 is 11.4. The number of hydrogen-bond donors (Lipinski definition) is 1. The van der Waals surface area contributed by atoms with Gasteiger partial charge in [0, 0.05) is 29.4 Å². The second-order valence-electron chi connectivity index (χ2n) is 6.21. The summed E-state index contributed by atoms with van der Waals surface area (Å²) in [6, 6.07) is 7.49. The Kier molecular flexibility index (Phi) is 2.53. The van der Waals surface area contributed by atoms with Gasteiger partial charge in [0.2, 0.25) is 6.79 Å². The van der Waals surface area contributed by atoms with Crippen molar-refractivity contribution >= 4 is 6.21 Å². The van der Waals surface area contributed by atoms with Crippen LogP contribution in [-0.4, -0.2) is 36.6 Å². The van der Waals surface area contributed by atoms with Crippen molar-refractivity contribution in [3.05, 3.63) is 41.0 Å². The molecular formula is C18H16N2O3. The first-order valence-electron chi connectivity index (χ1n) is 7.74. The van der Waals surface area contributed by atoms with Crippen molar-refractivity contribution < 1.29 is 14.6 Å². The summed E-state index contributed by atoms with van der Waals surface area (Å²) in [6.07, 6.45) is 2.79. The molecule has 0 fully saturated rings. The predicted octanol–water partition coefficient (Wildman–Crippen LogP) is 2.71. The van der Waals surface area contributed by atoms with Crippen LogP contribution in [0.2, 0.25) is 0 Å². The summed E-state index contributed by atoms with van der Waals surface area (Å²) in [4.78, 5) is 7.02. The van der Waals surface area contributed by atoms with Crippen LogP contribution in [0, 0.1) is 0 Å². The molecule has 3 aliphatic rings. The second-order valence-corrected chi connectivity index (χ2v) is 6.21. The largest absolute Gasteiger partial charge is 0.508 e. The van der Waals surface area contributed by atoms with E-state index in [9.17, 15) is 5.11 Å². The molecule has 23 heavy (non-hydrogen) atoms. The highest BCUT2D eigenvalue weighted by Crippen LogP contribution is 2.51. The number of hydrogen-bond acceptors (Lipinski definition) is 5. The Bertz CT molecular complexity index is 860. The van der Waals surface area contributed by atoms with Crippen LogP contribution in [-0.2, 0) is 6.42 Å². The number of fused-ring (bicyclic) bond motifs is 4. The molecule has 2 aromatic rings. The minimum absolute atomic E-state index is 0.0298. The zero-order valence-corrected chi connectivity index (χ0v) is 12.7. The number of rotatable bonds is 0. The molecule has 3 heterocycles. The lowest BCUT2D eigenvalue weighted by atomic mass is 9.87. The molecule has 1 N–H and O–H groups in total. The molecule has 0 bridgehead atoms. The molecule has 0 radical (unpaired) electrons. The Balaban J connectivity index is 1.90. The highest BCUT2D eigenvalue weighted by molar-refractivity contribution is 5.96. The summed E-state index contributed by atoms with van der Waals surface area (Å²) in [6.45, 7) is 1.20. The zero-order valence-electron chi connectivity index (χ0n) is 12.7. The van der Waals surface area contributed by atoms with Crippen molar-refractivity contribution in [2.45, 2.75) is 12.6 Å². The molecule has 116 valence electrons. The SMILES string of the molecule is CN1CCc2cc3c(c4c2C1N=Cc1cc(O)ccc1-4)OCO3. The maximum Gasteiger partial charge on any atom is 0.231 e. The smallest absolute Gasteiger partial charge is 0.231 e. The van der Waals surface area contributed by atoms with Gasteiger partial charge in [-0.2, -0.15) is 0 Å². The van der Waals surface area contributed by atoms with E-state index < -0.39 is 0 Å². The summed E-state index contributed by atoms with van der Waals surface area (Å²) in [5, 5.41) is 9.84. The van der Waals surface area contributed by atoms with E-state index in [0.29, 0.717) is 0 Å². The normalized spacial score (nSPS) is 20.8. The van der Waals surface area contributed by atoms with Gasteiger partial charge in [-0.15, -0.1) is 0 Å². The minimum atomic E-state index is -0.0298. The number of phenolic OH excluding ortho intramolecular Hbond substituents is 1. The van der Waals surface area contributed by atoms with Gasteiger partial charge in [0.1, 0.15) is 11.9 Å². The molecule has 0 aromatic heterocycles. The van der Waals surface area contributed by atoms with Crippen LogP contribution in [0.15, 0.2) is 29.3 Å². The van der Waals surface area contributed by atoms with E-state index in [0.717, 1.165) is 41.2 Å². The predicted molar refractivity (Wildman–Crippen MR) is 86.3 cm³/mol. The average Bonchev–Trinajstić information content (AvgIpc) is 2.94. The van der Waals surface area contributed by atoms with Crippen molar-refractivity contribution in [3.63, 3.8) is 0 Å². The molecule has 0 spiro atoms. The summed E-state index contributed by atoms with van der Waals surface area (Å²) in [7, 11) is 2.09. The average molecular weight is 308 g/mol. The van der Waals surface area contributed by atoms with Crippen LogP contribution in [0.5, 0.6) is 17.2 Å². The van der Waals surface area contributed by atoms with Gasteiger partial charge in [-0.05, 0) is 48.9 Å². The molecule has 0 saturated carbocycles. The summed E-state index contributed by atoms with van der Waals surface area (Å²) in [5.74, 6) is 1.84. The standard InChI is InChI=1S/C18H16N2O3/c1-20-5-4-10-7-14-17(23-9-22-14)16-13-3-2-12(21)6-11(13)8-19-18(20)15(10)16/h2-3,6-8,18,21H,4-5,9H2,1H3. The Morgan fingerprint density at radius 3 is 3.09 bits per heavy atom. The van der Waals surface area contributed by atoms with Gasteiger partial charge in [0.05, 0.1) is 0 Å². The van der Waals surface area contributed by atoms with E-state index in [1.807, 2.05) is 12.3 Å². The Morgan fingerprint density at radius 2 is 2.17 bits per heavy atom. The van der Waals surface area contributed by atoms with Crippen molar-refractivity contribution in [1.29, 1.82) is 0 Å². The number of phenols is 1. The fourth-order valence-corrected chi connectivity index (χ4v) is 3.74. The zero-order chi connectivity index (χ0) is 15.6. The molecule has 0 amide bonds. The van der Waals surface area contributed by atoms with Gasteiger partial charge < -0.3 is 14.6 Å². The molecule has 1 unspecified atom stereocenters. The Morgan fingerprint density at radius 1 is 1.26 bits per heavy atom. The number of benzene rings is 2. The Hall–Kier alpha value is -2.53. The van der Waals surface area contributed by atoms with Gasteiger partial charge in [0.15, 0.2) is 11.5 Å². The van der Waals surface area contributed by atoms with E-state index in [-0.39, 0.29) is 18.7 Å². The van der Waals surface area contributed by atoms with E-state index in [4.69, 9.17) is 14.5 Å². The monoisotopic (exact) mass is 308 g/mol. The highest BCUT2D eigenvalue weighted by Gasteiger charge is 2.35. The van der Waals surface area contributed by atoms with Crippen LogP contribution >= 0.6 is 0 Å². The minimum Gasteiger partial charge on any atom is -0.508 e. The van der Waals surface area contributed by atoms with Crippen LogP contribution in [0.4, 0.5) is 0 Å². The first-order valence-corrected chi connectivity index (χ1v) is 7.74. The second kappa shape index (κ2) is 4.49. The summed E-state index contributed by atoms with van der Waals surface area (Å²) in [5.41, 5.74) is 5.45. The molecule has 0 saturated heterocycles. The lowest BCUT2D eigenvalue weighted by Gasteiger charge is -2.33. The fraction of sp³-hybridized carbons (Fsp3) is 0.278. The Labute approximate surface area is 133 Å². The van der Waals surface area contributed by atoms with E-state index >= 15 is 0 Å². The van der Waals surface area contributed by atoms with E-state index in [1.165, 1.54) is 11.1 Å². The molecular weight excluding hydrogens is 292 g/mol. The van der Waals surface area contributed by atoms with Gasteiger partial charge in [-0.3, -0.25) is 9.89 Å². The summed E-state index contributed by atoms with van der Waals surface area (Å²) >= 11 is 0. The fourth-order valence-electron chi connectivity index (χ4n) is 3.74. The van der Waals surface area contributed by atoms with Crippen LogP contribution in [0.1, 0.15) is 22.9 Å². The lowest BCUT2D eigenvalue weighted by molar-refractivity contribution is 0.174. The van der Waals surface area contributed by atoms with Crippen molar-refractivity contribution in [3.8, 4) is 28.4 Å². The van der Waals surface area contributed by atoms with Crippen molar-refractivity contribution in [2.75, 3.05) is 20.4 Å². The molecule has 1 atom stereocenters. The molecule has 5 rings (SSSR count). The highest BCUT2D eigenvalue weighted by atomic mass is 16.7. The molecule has 5 nitrogen and oxygen atoms in total. The first kappa shape index (κ1) is 13.0. The molecule has 5 heteroatoms. The number of aromatic hydroxyl groups is 1. The first-order chi connectivity index (χ1) is 11.2. The topological polar surface area (TPSA) is 54.3 Å². The maximum atomic E-state index is 9.84. The number of likely N-dealkylation sites (N-methyl/N-ethyl adjacent to an activating group) is 1. The molecule has 2 aromatic carbocycles. The lowest BCUT2D eigenvalue weighted by Crippen LogP contribution is -2.31. The van der Waals surface area contributed by atoms with Crippen LogP contribution in [0.3, 0.4) is 0 Å². The van der Waals surface area contributed by atoms with E-state index in [1.54, 1.807) is 12.1 Å². The van der Waals surface area contributed by atoms with Gasteiger partial charge in [-0.25, -0.2) is 0 Å². The van der Waals surface area contributed by atoms with E-state index in [2.05, 4.69) is 18.0 Å². The maximum absolute atomic E-state index is 9.84. The molecule has 0 aliphatic carbocycles. The third-order valence-electron chi connectivity index (χ3n) is 4.86. The third kappa shape index (κ3) is 1.74. The van der Waals surface area contributed by atoms with Gasteiger partial charge >= 0.3 is 0 Å². The third-order valence-corrected chi connectivity index (χ3v) is 4.86. The number of ether oxygens (including phenoxy) is 2.